The van der Waals surface area contributed by atoms with E-state index in [-0.39, 0.29) is 12.2 Å². The number of alkyl halides is 3. The van der Waals surface area contributed by atoms with Gasteiger partial charge in [0, 0.05) is 24.9 Å². The van der Waals surface area contributed by atoms with Crippen LogP contribution in [0.2, 0.25) is 0 Å². The van der Waals surface area contributed by atoms with Gasteiger partial charge in [0.15, 0.2) is 0 Å². The first-order chi connectivity index (χ1) is 9.89. The van der Waals surface area contributed by atoms with Crippen LogP contribution in [0.3, 0.4) is 0 Å². The average Bonchev–Trinajstić information content (AvgIpc) is 3.10. The zero-order valence-electron chi connectivity index (χ0n) is 11.5. The topological polar surface area (TPSA) is 59.2 Å². The Kier molecular flexibility index (Phi) is 5.21. The summed E-state index contributed by atoms with van der Waals surface area (Å²) in [5.41, 5.74) is 5.65. The highest BCUT2D eigenvalue weighted by Gasteiger charge is 2.32. The fourth-order valence-corrected chi connectivity index (χ4v) is 2.75. The number of hydrogen-bond donors (Lipinski definition) is 1. The number of amides is 1. The Bertz CT molecular complexity index is 485. The van der Waals surface area contributed by atoms with Crippen molar-refractivity contribution < 1.29 is 18.0 Å². The number of rotatable bonds is 7. The van der Waals surface area contributed by atoms with Gasteiger partial charge in [-0.1, -0.05) is 0 Å². The lowest BCUT2D eigenvalue weighted by atomic mass is 10.3. The minimum atomic E-state index is -4.26. The van der Waals surface area contributed by atoms with Crippen molar-refractivity contribution in [2.75, 3.05) is 19.6 Å². The minimum Gasteiger partial charge on any atom is -0.337 e. The lowest BCUT2D eigenvalue weighted by Gasteiger charge is -2.22. The van der Waals surface area contributed by atoms with Gasteiger partial charge in [-0.3, -0.25) is 4.79 Å². The smallest absolute Gasteiger partial charge is 0.337 e. The van der Waals surface area contributed by atoms with Gasteiger partial charge in [0.05, 0.1) is 11.4 Å². The third-order valence-corrected chi connectivity index (χ3v) is 4.17. The first-order valence-electron chi connectivity index (χ1n) is 6.89. The molecule has 0 spiro atoms. The summed E-state index contributed by atoms with van der Waals surface area (Å²) in [4.78, 5) is 17.8. The van der Waals surface area contributed by atoms with E-state index in [4.69, 9.17) is 5.73 Å². The summed E-state index contributed by atoms with van der Waals surface area (Å²) < 4.78 is 37.1. The molecule has 2 rings (SSSR count). The maximum absolute atomic E-state index is 12.4. The number of nitrogens with two attached hydrogens (primary N) is 1. The van der Waals surface area contributed by atoms with Crippen LogP contribution in [0.4, 0.5) is 13.2 Å². The number of halogens is 3. The summed E-state index contributed by atoms with van der Waals surface area (Å²) in [6, 6.07) is 0. The molecule has 21 heavy (non-hydrogen) atoms. The van der Waals surface area contributed by atoms with Crippen molar-refractivity contribution in [1.29, 1.82) is 0 Å². The molecular formula is C13H18F3N3OS. The molecule has 1 aromatic heterocycles. The molecule has 118 valence electrons. The first kappa shape index (κ1) is 16.2. The summed E-state index contributed by atoms with van der Waals surface area (Å²) in [5.74, 6) is -0.0741. The van der Waals surface area contributed by atoms with Crippen LogP contribution in [0.1, 0.15) is 34.8 Å². The molecule has 0 saturated heterocycles. The van der Waals surface area contributed by atoms with Crippen LogP contribution in [0.25, 0.3) is 0 Å². The van der Waals surface area contributed by atoms with Gasteiger partial charge >= 0.3 is 6.18 Å². The Morgan fingerprint density at radius 3 is 2.76 bits per heavy atom. The summed E-state index contributed by atoms with van der Waals surface area (Å²) in [6.07, 6.45) is -2.71. The standard InChI is InChI=1S/C13H18F3N3OS/c14-13(15,16)4-6-19(7-9-1-2-9)12(20)10-8-21-11(18-10)3-5-17/h8-9H,1-7,17H2. The molecule has 0 unspecified atom stereocenters. The summed E-state index contributed by atoms with van der Waals surface area (Å²) in [7, 11) is 0. The van der Waals surface area contributed by atoms with Gasteiger partial charge in [-0.2, -0.15) is 13.2 Å². The van der Waals surface area contributed by atoms with Crippen molar-refractivity contribution in [3.63, 3.8) is 0 Å². The molecule has 0 aliphatic heterocycles. The van der Waals surface area contributed by atoms with Crippen molar-refractivity contribution >= 4 is 17.2 Å². The van der Waals surface area contributed by atoms with Crippen LogP contribution in [-0.2, 0) is 6.42 Å². The molecule has 1 aromatic rings. The lowest BCUT2D eigenvalue weighted by Crippen LogP contribution is -2.36. The van der Waals surface area contributed by atoms with Gasteiger partial charge in [0.25, 0.3) is 5.91 Å². The molecule has 0 atom stereocenters. The molecule has 2 N–H and O–H groups in total. The number of thiazole rings is 1. The molecule has 4 nitrogen and oxygen atoms in total. The van der Waals surface area contributed by atoms with E-state index in [0.717, 1.165) is 17.8 Å². The Labute approximate surface area is 125 Å². The van der Waals surface area contributed by atoms with Crippen LogP contribution >= 0.6 is 11.3 Å². The zero-order valence-corrected chi connectivity index (χ0v) is 12.3. The van der Waals surface area contributed by atoms with E-state index in [1.807, 2.05) is 0 Å². The maximum Gasteiger partial charge on any atom is 0.390 e. The van der Waals surface area contributed by atoms with Gasteiger partial charge in [-0.25, -0.2) is 4.98 Å². The highest BCUT2D eigenvalue weighted by Crippen LogP contribution is 2.31. The fourth-order valence-electron chi connectivity index (χ4n) is 1.96. The fraction of sp³-hybridized carbons (Fsp3) is 0.692. The van der Waals surface area contributed by atoms with E-state index < -0.39 is 18.5 Å². The Morgan fingerprint density at radius 2 is 2.19 bits per heavy atom. The molecule has 1 heterocycles. The highest BCUT2D eigenvalue weighted by molar-refractivity contribution is 7.09. The second-order valence-electron chi connectivity index (χ2n) is 5.22. The van der Waals surface area contributed by atoms with E-state index in [1.54, 1.807) is 5.38 Å². The van der Waals surface area contributed by atoms with Gasteiger partial charge in [0.2, 0.25) is 0 Å². The predicted molar refractivity (Wildman–Crippen MR) is 74.2 cm³/mol. The van der Waals surface area contributed by atoms with E-state index in [2.05, 4.69) is 4.98 Å². The van der Waals surface area contributed by atoms with Gasteiger partial charge in [0.1, 0.15) is 5.69 Å². The second kappa shape index (κ2) is 6.74. The third kappa shape index (κ3) is 5.28. The number of nitrogens with zero attached hydrogens (tertiary/aromatic N) is 2. The van der Waals surface area contributed by atoms with Crippen molar-refractivity contribution in [2.45, 2.75) is 31.9 Å². The normalized spacial score (nSPS) is 15.2. The molecule has 0 bridgehead atoms. The van der Waals surface area contributed by atoms with E-state index in [9.17, 15) is 18.0 Å². The van der Waals surface area contributed by atoms with Crippen LogP contribution in [0.15, 0.2) is 5.38 Å². The molecule has 8 heteroatoms. The van der Waals surface area contributed by atoms with E-state index in [1.165, 1.54) is 16.2 Å². The van der Waals surface area contributed by atoms with Gasteiger partial charge in [-0.05, 0) is 25.3 Å². The van der Waals surface area contributed by atoms with Crippen LogP contribution in [0.5, 0.6) is 0 Å². The summed E-state index contributed by atoms with van der Waals surface area (Å²) in [5, 5.41) is 2.34. The molecular weight excluding hydrogens is 303 g/mol. The van der Waals surface area contributed by atoms with E-state index >= 15 is 0 Å². The minimum absolute atomic E-state index is 0.228. The lowest BCUT2D eigenvalue weighted by molar-refractivity contribution is -0.136. The zero-order chi connectivity index (χ0) is 15.5. The number of carbonyl (C=O) groups is 1. The molecule has 0 radical (unpaired) electrons. The molecule has 1 amide bonds. The van der Waals surface area contributed by atoms with Crippen molar-refractivity contribution in [2.24, 2.45) is 11.7 Å². The van der Waals surface area contributed by atoms with Crippen LogP contribution in [0, 0.1) is 5.92 Å². The summed E-state index contributed by atoms with van der Waals surface area (Å²) in [6.45, 7) is 0.516. The predicted octanol–water partition coefficient (Wildman–Crippen LogP) is 2.45. The summed E-state index contributed by atoms with van der Waals surface area (Å²) >= 11 is 1.32. The average molecular weight is 321 g/mol. The van der Waals surface area contributed by atoms with Crippen LogP contribution in [-0.4, -0.2) is 41.6 Å². The quantitative estimate of drug-likeness (QED) is 0.839. The van der Waals surface area contributed by atoms with E-state index in [0.29, 0.717) is 25.4 Å². The molecule has 1 aliphatic rings. The molecule has 1 saturated carbocycles. The third-order valence-electron chi connectivity index (χ3n) is 3.26. The molecule has 1 aliphatic carbocycles. The van der Waals surface area contributed by atoms with Crippen molar-refractivity contribution in [3.05, 3.63) is 16.1 Å². The second-order valence-corrected chi connectivity index (χ2v) is 6.17. The number of hydrogen-bond acceptors (Lipinski definition) is 4. The number of carbonyl (C=O) groups excluding carboxylic acids is 1. The van der Waals surface area contributed by atoms with Gasteiger partial charge in [-0.15, -0.1) is 11.3 Å². The maximum atomic E-state index is 12.4. The van der Waals surface area contributed by atoms with Crippen LogP contribution < -0.4 is 5.73 Å². The Balaban J connectivity index is 2.01. The largest absolute Gasteiger partial charge is 0.390 e. The number of aromatic nitrogens is 1. The SMILES string of the molecule is NCCc1nc(C(=O)N(CCC(F)(F)F)CC2CC2)cs1. The highest BCUT2D eigenvalue weighted by atomic mass is 32.1. The monoisotopic (exact) mass is 321 g/mol. The van der Waals surface area contributed by atoms with Crippen molar-refractivity contribution in [3.8, 4) is 0 Å². The molecule has 1 fully saturated rings. The first-order valence-corrected chi connectivity index (χ1v) is 7.77. The Hall–Kier alpha value is -1.15. The molecule has 0 aromatic carbocycles. The van der Waals surface area contributed by atoms with Crippen molar-refractivity contribution in [1.82, 2.24) is 9.88 Å². The van der Waals surface area contributed by atoms with Gasteiger partial charge < -0.3 is 10.6 Å². The Morgan fingerprint density at radius 1 is 1.48 bits per heavy atom.